The zero-order valence-electron chi connectivity index (χ0n) is 12.2. The third kappa shape index (κ3) is 4.78. The first-order valence-corrected chi connectivity index (χ1v) is 7.38. The molecule has 1 aliphatic heterocycles. The number of hydrogen-bond donors (Lipinski definition) is 2. The first-order chi connectivity index (χ1) is 9.67. The van der Waals surface area contributed by atoms with Crippen molar-refractivity contribution in [2.75, 3.05) is 32.8 Å². The molecule has 1 unspecified atom stereocenters. The summed E-state index contributed by atoms with van der Waals surface area (Å²) in [6.07, 6.45) is 1.56. The lowest BCUT2D eigenvalue weighted by molar-refractivity contribution is 0.0488. The van der Waals surface area contributed by atoms with Gasteiger partial charge in [-0.3, -0.25) is 0 Å². The Labute approximate surface area is 121 Å². The summed E-state index contributed by atoms with van der Waals surface area (Å²) in [6.45, 7) is 5.17. The van der Waals surface area contributed by atoms with Gasteiger partial charge in [0.25, 0.3) is 0 Å². The highest BCUT2D eigenvalue weighted by Gasteiger charge is 2.20. The van der Waals surface area contributed by atoms with Crippen LogP contribution in [0.15, 0.2) is 24.3 Å². The molecule has 0 amide bonds. The van der Waals surface area contributed by atoms with Crippen LogP contribution in [-0.2, 0) is 0 Å². The number of ether oxygens (including phenoxy) is 1. The Morgan fingerprint density at radius 2 is 2.10 bits per heavy atom. The van der Waals surface area contributed by atoms with E-state index in [0.29, 0.717) is 19.1 Å². The molecule has 0 aliphatic carbocycles. The van der Waals surface area contributed by atoms with Crippen molar-refractivity contribution in [2.24, 2.45) is 5.92 Å². The lowest BCUT2D eigenvalue weighted by Crippen LogP contribution is -2.41. The Balaban J connectivity index is 1.69. The molecule has 1 aromatic rings. The van der Waals surface area contributed by atoms with Crippen LogP contribution in [0, 0.1) is 12.8 Å². The van der Waals surface area contributed by atoms with E-state index in [1.165, 1.54) is 0 Å². The van der Waals surface area contributed by atoms with Crippen molar-refractivity contribution in [1.29, 1.82) is 0 Å². The molecule has 0 aromatic heterocycles. The molecule has 20 heavy (non-hydrogen) atoms. The average molecular weight is 279 g/mol. The summed E-state index contributed by atoms with van der Waals surface area (Å²) in [7, 11) is 0. The first kappa shape index (κ1) is 15.3. The normalized spacial score (nSPS) is 18.9. The number of benzene rings is 1. The van der Waals surface area contributed by atoms with Crippen LogP contribution in [0.5, 0.6) is 5.75 Å². The predicted molar refractivity (Wildman–Crippen MR) is 78.9 cm³/mol. The van der Waals surface area contributed by atoms with Crippen molar-refractivity contribution in [3.63, 3.8) is 0 Å². The van der Waals surface area contributed by atoms with Gasteiger partial charge in [0.1, 0.15) is 18.5 Å². The molecule has 0 bridgehead atoms. The van der Waals surface area contributed by atoms with Crippen LogP contribution in [-0.4, -0.2) is 54.1 Å². The van der Waals surface area contributed by atoms with Gasteiger partial charge >= 0.3 is 0 Å². The fourth-order valence-electron chi connectivity index (χ4n) is 2.60. The molecule has 1 atom stereocenters. The second kappa shape index (κ2) is 7.62. The van der Waals surface area contributed by atoms with Crippen molar-refractivity contribution < 1.29 is 14.9 Å². The van der Waals surface area contributed by atoms with Gasteiger partial charge in [-0.15, -0.1) is 0 Å². The second-order valence-corrected chi connectivity index (χ2v) is 5.71. The molecule has 1 aromatic carbocycles. The van der Waals surface area contributed by atoms with Gasteiger partial charge in [-0.05, 0) is 56.5 Å². The summed E-state index contributed by atoms with van der Waals surface area (Å²) in [4.78, 5) is 2.25. The first-order valence-electron chi connectivity index (χ1n) is 7.38. The molecular weight excluding hydrogens is 254 g/mol. The number of aryl methyl sites for hydroxylation is 1. The Hall–Kier alpha value is -1.10. The highest BCUT2D eigenvalue weighted by Crippen LogP contribution is 2.17. The minimum atomic E-state index is -0.471. The average Bonchev–Trinajstić information content (AvgIpc) is 2.46. The van der Waals surface area contributed by atoms with E-state index in [9.17, 15) is 5.11 Å². The highest BCUT2D eigenvalue weighted by molar-refractivity contribution is 5.27. The molecule has 2 rings (SSSR count). The fourth-order valence-corrected chi connectivity index (χ4v) is 2.60. The second-order valence-electron chi connectivity index (χ2n) is 5.71. The van der Waals surface area contributed by atoms with E-state index < -0.39 is 6.10 Å². The zero-order chi connectivity index (χ0) is 14.4. The zero-order valence-corrected chi connectivity index (χ0v) is 12.2. The Kier molecular flexibility index (Phi) is 5.83. The van der Waals surface area contributed by atoms with Crippen LogP contribution in [0.25, 0.3) is 0 Å². The van der Waals surface area contributed by atoms with E-state index in [4.69, 9.17) is 9.84 Å². The summed E-state index contributed by atoms with van der Waals surface area (Å²) >= 11 is 0. The minimum Gasteiger partial charge on any atom is -0.491 e. The minimum absolute atomic E-state index is 0.285. The number of β-amino-alcohol motifs (C(OH)–C–C–N with tert-alkyl or cyclic N) is 1. The van der Waals surface area contributed by atoms with Crippen molar-refractivity contribution in [1.82, 2.24) is 4.90 Å². The van der Waals surface area contributed by atoms with E-state index in [0.717, 1.165) is 37.2 Å². The van der Waals surface area contributed by atoms with Crippen molar-refractivity contribution >= 4 is 0 Å². The van der Waals surface area contributed by atoms with Gasteiger partial charge in [0.2, 0.25) is 0 Å². The number of aliphatic hydroxyl groups is 2. The van der Waals surface area contributed by atoms with Crippen LogP contribution in [0.3, 0.4) is 0 Å². The molecule has 0 radical (unpaired) electrons. The maximum atomic E-state index is 10.0. The number of nitrogens with zero attached hydrogens (tertiary/aromatic N) is 1. The summed E-state index contributed by atoms with van der Waals surface area (Å²) < 4.78 is 5.62. The molecule has 4 heteroatoms. The van der Waals surface area contributed by atoms with Crippen LogP contribution in [0.1, 0.15) is 18.4 Å². The number of rotatable bonds is 6. The SMILES string of the molecule is Cc1cccc(OCC(O)CN2CCC(CO)CC2)c1. The lowest BCUT2D eigenvalue weighted by atomic mass is 9.98. The molecule has 2 N–H and O–H groups in total. The van der Waals surface area contributed by atoms with Crippen LogP contribution < -0.4 is 4.74 Å². The van der Waals surface area contributed by atoms with Gasteiger partial charge in [-0.25, -0.2) is 0 Å². The van der Waals surface area contributed by atoms with Gasteiger partial charge in [0.15, 0.2) is 0 Å². The van der Waals surface area contributed by atoms with Crippen molar-refractivity contribution in [2.45, 2.75) is 25.9 Å². The van der Waals surface area contributed by atoms with E-state index in [1.807, 2.05) is 31.2 Å². The standard InChI is InChI=1S/C16H25NO3/c1-13-3-2-4-16(9-13)20-12-15(19)10-17-7-5-14(11-18)6-8-17/h2-4,9,14-15,18-19H,5-8,10-12H2,1H3. The Morgan fingerprint density at radius 3 is 2.75 bits per heavy atom. The topological polar surface area (TPSA) is 52.9 Å². The molecule has 0 saturated carbocycles. The molecule has 1 saturated heterocycles. The molecule has 4 nitrogen and oxygen atoms in total. The number of hydrogen-bond acceptors (Lipinski definition) is 4. The molecule has 1 aliphatic rings. The maximum absolute atomic E-state index is 10.0. The van der Waals surface area contributed by atoms with Crippen LogP contribution in [0.4, 0.5) is 0 Å². The van der Waals surface area contributed by atoms with Crippen LogP contribution in [0.2, 0.25) is 0 Å². The van der Waals surface area contributed by atoms with Gasteiger partial charge in [0.05, 0.1) is 0 Å². The fraction of sp³-hybridized carbons (Fsp3) is 0.625. The third-order valence-electron chi connectivity index (χ3n) is 3.87. The smallest absolute Gasteiger partial charge is 0.119 e. The largest absolute Gasteiger partial charge is 0.491 e. The molecule has 1 fully saturated rings. The van der Waals surface area contributed by atoms with E-state index in [-0.39, 0.29) is 6.61 Å². The van der Waals surface area contributed by atoms with E-state index in [2.05, 4.69) is 4.90 Å². The Bertz CT molecular complexity index is 402. The third-order valence-corrected chi connectivity index (χ3v) is 3.87. The lowest BCUT2D eigenvalue weighted by Gasteiger charge is -2.32. The molecule has 1 heterocycles. The van der Waals surface area contributed by atoms with Gasteiger partial charge in [-0.2, -0.15) is 0 Å². The van der Waals surface area contributed by atoms with Crippen molar-refractivity contribution in [3.05, 3.63) is 29.8 Å². The van der Waals surface area contributed by atoms with Crippen LogP contribution >= 0.6 is 0 Å². The summed E-state index contributed by atoms with van der Waals surface area (Å²) in [5.41, 5.74) is 1.16. The molecule has 112 valence electrons. The van der Waals surface area contributed by atoms with Gasteiger partial charge in [-0.1, -0.05) is 12.1 Å². The van der Waals surface area contributed by atoms with Crippen molar-refractivity contribution in [3.8, 4) is 5.75 Å². The van der Waals surface area contributed by atoms with E-state index in [1.54, 1.807) is 0 Å². The predicted octanol–water partition coefficient (Wildman–Crippen LogP) is 1.44. The monoisotopic (exact) mass is 279 g/mol. The summed E-state index contributed by atoms with van der Waals surface area (Å²) in [5, 5.41) is 19.1. The van der Waals surface area contributed by atoms with Gasteiger partial charge < -0.3 is 19.8 Å². The molecule has 0 spiro atoms. The molecular formula is C16H25NO3. The number of aliphatic hydroxyl groups excluding tert-OH is 2. The van der Waals surface area contributed by atoms with Gasteiger partial charge in [0, 0.05) is 13.2 Å². The number of piperidine rings is 1. The van der Waals surface area contributed by atoms with E-state index >= 15 is 0 Å². The maximum Gasteiger partial charge on any atom is 0.119 e. The number of likely N-dealkylation sites (tertiary alicyclic amines) is 1. The Morgan fingerprint density at radius 1 is 1.35 bits per heavy atom. The highest BCUT2D eigenvalue weighted by atomic mass is 16.5. The summed E-state index contributed by atoms with van der Waals surface area (Å²) in [5.74, 6) is 1.25. The summed E-state index contributed by atoms with van der Waals surface area (Å²) in [6, 6.07) is 7.86. The quantitative estimate of drug-likeness (QED) is 0.827.